The molecule has 0 rings (SSSR count). The SMILES string of the molecule is CCCCCCCCC=CCCCCCCCC(=O)OC[C@@H](O)COP(=O)([O-])OCC(O)CO. The quantitative estimate of drug-likeness (QED) is 0.0765. The van der Waals surface area contributed by atoms with E-state index in [1.54, 1.807) is 0 Å². The number of hydrogen-bond donors (Lipinski definition) is 3. The molecule has 3 N–H and O–H groups in total. The monoisotopic (exact) mass is 509 g/mol. The minimum Gasteiger partial charge on any atom is -0.756 e. The molecule has 10 heteroatoms. The fourth-order valence-electron chi connectivity index (χ4n) is 3.09. The molecule has 0 amide bonds. The Kier molecular flexibility index (Phi) is 22.1. The van der Waals surface area contributed by atoms with Crippen molar-refractivity contribution < 1.29 is 43.4 Å². The largest absolute Gasteiger partial charge is 0.756 e. The van der Waals surface area contributed by atoms with Crippen LogP contribution in [0.4, 0.5) is 0 Å². The first-order valence-corrected chi connectivity index (χ1v) is 14.1. The van der Waals surface area contributed by atoms with Gasteiger partial charge in [0.15, 0.2) is 0 Å². The zero-order valence-electron chi connectivity index (χ0n) is 20.8. The number of carbonyl (C=O) groups excluding carboxylic acids is 1. The highest BCUT2D eigenvalue weighted by molar-refractivity contribution is 7.45. The molecule has 202 valence electrons. The Bertz CT molecular complexity index is 557. The summed E-state index contributed by atoms with van der Waals surface area (Å²) in [6.45, 7) is -0.105. The number of phosphoric acid groups is 1. The molecule has 34 heavy (non-hydrogen) atoms. The van der Waals surface area contributed by atoms with Crippen LogP contribution >= 0.6 is 7.82 Å². The minimum atomic E-state index is -4.73. The second-order valence-electron chi connectivity index (χ2n) is 8.55. The van der Waals surface area contributed by atoms with Gasteiger partial charge in [0.1, 0.15) is 18.8 Å². The maximum absolute atomic E-state index is 11.7. The molecule has 0 radical (unpaired) electrons. The zero-order valence-corrected chi connectivity index (χ0v) is 21.7. The Morgan fingerprint density at radius 3 is 1.88 bits per heavy atom. The lowest BCUT2D eigenvalue weighted by Crippen LogP contribution is -2.26. The van der Waals surface area contributed by atoms with Gasteiger partial charge in [-0.3, -0.25) is 9.36 Å². The standard InChI is InChI=1S/C24H47O9P/c1-2-3-4-5-6-7-8-9-10-11-12-13-14-15-16-17-24(28)31-19-23(27)21-33-34(29,30)32-20-22(26)18-25/h9-10,22-23,25-27H,2-8,11-21H2,1H3,(H,29,30)/p-1/t22?,23-/m1/s1. The molecule has 0 spiro atoms. The molecule has 0 heterocycles. The van der Waals surface area contributed by atoms with Crippen molar-refractivity contribution in [2.45, 2.75) is 109 Å². The van der Waals surface area contributed by atoms with E-state index >= 15 is 0 Å². The summed E-state index contributed by atoms with van der Waals surface area (Å²) in [7, 11) is -4.73. The summed E-state index contributed by atoms with van der Waals surface area (Å²) in [6.07, 6.45) is 17.3. The van der Waals surface area contributed by atoms with E-state index in [9.17, 15) is 19.4 Å². The predicted molar refractivity (Wildman–Crippen MR) is 129 cm³/mol. The molecule has 0 fully saturated rings. The number of allylic oxidation sites excluding steroid dienone is 2. The molecule has 3 atom stereocenters. The van der Waals surface area contributed by atoms with Crippen LogP contribution in [0.3, 0.4) is 0 Å². The number of ether oxygens (including phenoxy) is 1. The highest BCUT2D eigenvalue weighted by Crippen LogP contribution is 2.38. The van der Waals surface area contributed by atoms with Crippen molar-refractivity contribution in [3.63, 3.8) is 0 Å². The maximum atomic E-state index is 11.7. The predicted octanol–water partition coefficient (Wildman–Crippen LogP) is 3.78. The van der Waals surface area contributed by atoms with Gasteiger partial charge in [0.25, 0.3) is 7.82 Å². The van der Waals surface area contributed by atoms with Gasteiger partial charge in [-0.05, 0) is 32.1 Å². The van der Waals surface area contributed by atoms with Gasteiger partial charge >= 0.3 is 5.97 Å². The number of unbranched alkanes of at least 4 members (excludes halogenated alkanes) is 11. The molecule has 0 saturated carbocycles. The van der Waals surface area contributed by atoms with Crippen LogP contribution in [0.15, 0.2) is 12.2 Å². The zero-order chi connectivity index (χ0) is 25.5. The number of carbonyl (C=O) groups is 1. The highest BCUT2D eigenvalue weighted by atomic mass is 31.2. The van der Waals surface area contributed by atoms with E-state index in [2.05, 4.69) is 28.1 Å². The van der Waals surface area contributed by atoms with Gasteiger partial charge in [-0.25, -0.2) is 0 Å². The van der Waals surface area contributed by atoms with Crippen molar-refractivity contribution in [3.05, 3.63) is 12.2 Å². The Morgan fingerprint density at radius 2 is 1.32 bits per heavy atom. The molecule has 2 unspecified atom stereocenters. The number of aliphatic hydroxyl groups is 3. The first kappa shape index (κ1) is 33.2. The highest BCUT2D eigenvalue weighted by Gasteiger charge is 2.16. The summed E-state index contributed by atoms with van der Waals surface area (Å²) in [6, 6.07) is 0. The van der Waals surface area contributed by atoms with E-state index in [1.165, 1.54) is 44.9 Å². The number of esters is 1. The topological polar surface area (TPSA) is 146 Å². The Balaban J connectivity index is 3.56. The van der Waals surface area contributed by atoms with E-state index in [4.69, 9.17) is 14.9 Å². The van der Waals surface area contributed by atoms with Crippen LogP contribution in [-0.2, 0) is 23.1 Å². The lowest BCUT2D eigenvalue weighted by Gasteiger charge is -2.24. The van der Waals surface area contributed by atoms with Crippen LogP contribution in [0.2, 0.25) is 0 Å². The molecular formula is C24H46O9P-. The van der Waals surface area contributed by atoms with Gasteiger partial charge in [-0.15, -0.1) is 0 Å². The lowest BCUT2D eigenvalue weighted by molar-refractivity contribution is -0.229. The summed E-state index contributed by atoms with van der Waals surface area (Å²) in [4.78, 5) is 23.1. The molecular weight excluding hydrogens is 463 g/mol. The van der Waals surface area contributed by atoms with Gasteiger partial charge in [0, 0.05) is 6.42 Å². The second kappa shape index (κ2) is 22.7. The average molecular weight is 510 g/mol. The van der Waals surface area contributed by atoms with Gasteiger partial charge in [0.05, 0.1) is 19.8 Å². The smallest absolute Gasteiger partial charge is 0.305 e. The van der Waals surface area contributed by atoms with Crippen LogP contribution in [0.1, 0.15) is 96.8 Å². The van der Waals surface area contributed by atoms with Crippen molar-refractivity contribution >= 4 is 13.8 Å². The van der Waals surface area contributed by atoms with Crippen LogP contribution in [0.25, 0.3) is 0 Å². The Hall–Kier alpha value is -0.800. The van der Waals surface area contributed by atoms with Crippen molar-refractivity contribution in [3.8, 4) is 0 Å². The first-order valence-electron chi connectivity index (χ1n) is 12.7. The van der Waals surface area contributed by atoms with Crippen LogP contribution in [-0.4, -0.2) is 59.9 Å². The van der Waals surface area contributed by atoms with Crippen LogP contribution < -0.4 is 4.89 Å². The van der Waals surface area contributed by atoms with Gasteiger partial charge < -0.3 is 34.0 Å². The van der Waals surface area contributed by atoms with Crippen molar-refractivity contribution in [1.82, 2.24) is 0 Å². The minimum absolute atomic E-state index is 0.244. The van der Waals surface area contributed by atoms with Gasteiger partial charge in [-0.2, -0.15) is 0 Å². The summed E-state index contributed by atoms with van der Waals surface area (Å²) >= 11 is 0. The van der Waals surface area contributed by atoms with E-state index in [1.807, 2.05) is 0 Å². The molecule has 0 aromatic heterocycles. The third kappa shape index (κ3) is 23.0. The summed E-state index contributed by atoms with van der Waals surface area (Å²) in [5, 5.41) is 27.3. The fraction of sp³-hybridized carbons (Fsp3) is 0.875. The molecule has 0 aromatic carbocycles. The molecule has 9 nitrogen and oxygen atoms in total. The third-order valence-corrected chi connectivity index (χ3v) is 6.07. The molecule has 0 saturated heterocycles. The average Bonchev–Trinajstić information content (AvgIpc) is 2.82. The first-order chi connectivity index (χ1) is 16.3. The molecule has 0 aliphatic carbocycles. The number of hydrogen-bond acceptors (Lipinski definition) is 9. The summed E-state index contributed by atoms with van der Waals surface area (Å²) in [5.74, 6) is -0.454. The van der Waals surface area contributed by atoms with E-state index in [0.29, 0.717) is 6.42 Å². The molecule has 0 aliphatic heterocycles. The van der Waals surface area contributed by atoms with Gasteiger partial charge in [-0.1, -0.05) is 70.4 Å². The fourth-order valence-corrected chi connectivity index (χ4v) is 3.88. The molecule has 0 bridgehead atoms. The number of aliphatic hydroxyl groups excluding tert-OH is 3. The Labute approximate surface area is 205 Å². The number of rotatable bonds is 24. The van der Waals surface area contributed by atoms with E-state index < -0.39 is 45.8 Å². The molecule has 0 aromatic rings. The summed E-state index contributed by atoms with van der Waals surface area (Å²) in [5.41, 5.74) is 0. The Morgan fingerprint density at radius 1 is 0.824 bits per heavy atom. The summed E-state index contributed by atoms with van der Waals surface area (Å²) < 4.78 is 25.1. The third-order valence-electron chi connectivity index (χ3n) is 5.14. The van der Waals surface area contributed by atoms with Crippen molar-refractivity contribution in [1.29, 1.82) is 0 Å². The normalized spacial score (nSPS) is 15.3. The van der Waals surface area contributed by atoms with Crippen LogP contribution in [0.5, 0.6) is 0 Å². The van der Waals surface area contributed by atoms with E-state index in [-0.39, 0.29) is 13.0 Å². The molecule has 0 aliphatic rings. The van der Waals surface area contributed by atoms with Crippen molar-refractivity contribution in [2.75, 3.05) is 26.4 Å². The van der Waals surface area contributed by atoms with E-state index in [0.717, 1.165) is 32.1 Å². The number of phosphoric ester groups is 1. The second-order valence-corrected chi connectivity index (χ2v) is 9.96. The maximum Gasteiger partial charge on any atom is 0.305 e. The van der Waals surface area contributed by atoms with Crippen molar-refractivity contribution in [2.24, 2.45) is 0 Å². The van der Waals surface area contributed by atoms with Gasteiger partial charge in [0.2, 0.25) is 0 Å². The lowest BCUT2D eigenvalue weighted by atomic mass is 10.1. The van der Waals surface area contributed by atoms with Crippen LogP contribution in [0, 0.1) is 0 Å².